The number of aliphatic carboxylic acids is 1. The Kier molecular flexibility index (Phi) is 6.62. The molecule has 26 heavy (non-hydrogen) atoms. The second-order valence-electron chi connectivity index (χ2n) is 4.99. The van der Waals surface area contributed by atoms with Gasteiger partial charge >= 0.3 is 17.9 Å². The first-order valence-electron chi connectivity index (χ1n) is 7.47. The fourth-order valence-electron chi connectivity index (χ4n) is 2.21. The van der Waals surface area contributed by atoms with Crippen LogP contribution in [-0.2, 0) is 23.9 Å². The number of ether oxygens (including phenoxy) is 2. The molecule has 0 saturated heterocycles. The number of rotatable bonds is 6. The molecule has 0 saturated carbocycles. The summed E-state index contributed by atoms with van der Waals surface area (Å²) in [4.78, 5) is 37.3. The first-order chi connectivity index (χ1) is 12.5. The third-order valence-corrected chi connectivity index (χ3v) is 4.36. The largest absolute Gasteiger partial charge is 0.481 e. The highest BCUT2D eigenvalue weighted by Crippen LogP contribution is 2.28. The van der Waals surface area contributed by atoms with Crippen LogP contribution in [-0.4, -0.2) is 43.0 Å². The maximum absolute atomic E-state index is 12.3. The van der Waals surface area contributed by atoms with Gasteiger partial charge in [-0.3, -0.25) is 4.79 Å². The van der Waals surface area contributed by atoms with Crippen molar-refractivity contribution in [3.63, 3.8) is 0 Å². The van der Waals surface area contributed by atoms with Crippen LogP contribution >= 0.6 is 11.8 Å². The molecule has 1 heterocycles. The van der Waals surface area contributed by atoms with Crippen molar-refractivity contribution in [2.24, 2.45) is 0 Å². The van der Waals surface area contributed by atoms with Gasteiger partial charge < -0.3 is 19.5 Å². The van der Waals surface area contributed by atoms with Crippen molar-refractivity contribution in [2.75, 3.05) is 24.9 Å². The molecule has 1 aromatic rings. The van der Waals surface area contributed by atoms with Gasteiger partial charge in [0.25, 0.3) is 0 Å². The highest BCUT2D eigenvalue weighted by Gasteiger charge is 2.27. The van der Waals surface area contributed by atoms with E-state index in [2.05, 4.69) is 0 Å². The van der Waals surface area contributed by atoms with Crippen LogP contribution in [0.25, 0.3) is 0 Å². The molecule has 0 atom stereocenters. The Morgan fingerprint density at radius 2 is 1.69 bits per heavy atom. The van der Waals surface area contributed by atoms with E-state index in [1.54, 1.807) is 42.6 Å². The molecular weight excluding hydrogens is 358 g/mol. The zero-order valence-electron chi connectivity index (χ0n) is 14.2. The minimum Gasteiger partial charge on any atom is -0.481 e. The number of nitrogens with zero attached hydrogens (tertiary/aromatic N) is 1. The Morgan fingerprint density at radius 3 is 2.27 bits per heavy atom. The summed E-state index contributed by atoms with van der Waals surface area (Å²) in [6.45, 7) is 0. The van der Waals surface area contributed by atoms with Crippen molar-refractivity contribution in [1.29, 1.82) is 0 Å². The average molecular weight is 375 g/mol. The number of thioether (sulfide) groups is 1. The highest BCUT2D eigenvalue weighted by atomic mass is 32.2. The molecule has 1 aliphatic rings. The number of esters is 2. The van der Waals surface area contributed by atoms with Crippen LogP contribution in [0.15, 0.2) is 64.9 Å². The zero-order valence-corrected chi connectivity index (χ0v) is 15.0. The van der Waals surface area contributed by atoms with Crippen LogP contribution in [0.5, 0.6) is 0 Å². The highest BCUT2D eigenvalue weighted by molar-refractivity contribution is 8.00. The minimum absolute atomic E-state index is 0.0234. The van der Waals surface area contributed by atoms with Gasteiger partial charge in [-0.05, 0) is 36.4 Å². The molecule has 0 spiro atoms. The molecule has 136 valence electrons. The Balaban J connectivity index is 2.43. The van der Waals surface area contributed by atoms with Crippen molar-refractivity contribution >= 4 is 35.4 Å². The zero-order chi connectivity index (χ0) is 19.1. The average Bonchev–Trinajstić information content (AvgIpc) is 2.88. The predicted molar refractivity (Wildman–Crippen MR) is 96.6 cm³/mol. The second kappa shape index (κ2) is 8.91. The summed E-state index contributed by atoms with van der Waals surface area (Å²) in [5.41, 5.74) is 0.690. The third kappa shape index (κ3) is 4.54. The lowest BCUT2D eigenvalue weighted by Crippen LogP contribution is -2.26. The Labute approximate surface area is 154 Å². The van der Waals surface area contributed by atoms with Gasteiger partial charge in [0.15, 0.2) is 0 Å². The first-order valence-corrected chi connectivity index (χ1v) is 8.46. The summed E-state index contributed by atoms with van der Waals surface area (Å²) in [5.74, 6) is -2.30. The molecule has 0 radical (unpaired) electrons. The molecule has 8 heteroatoms. The van der Waals surface area contributed by atoms with Crippen LogP contribution in [0.4, 0.5) is 5.69 Å². The lowest BCUT2D eigenvalue weighted by molar-refractivity contribution is -0.139. The molecule has 1 aliphatic heterocycles. The molecule has 0 fully saturated rings. The Hall–Kier alpha value is -3.00. The molecule has 1 N–H and O–H groups in total. The van der Waals surface area contributed by atoms with E-state index < -0.39 is 17.9 Å². The van der Waals surface area contributed by atoms with E-state index in [0.29, 0.717) is 5.69 Å². The van der Waals surface area contributed by atoms with Crippen molar-refractivity contribution in [3.05, 3.63) is 60.0 Å². The van der Waals surface area contributed by atoms with Crippen LogP contribution in [0.2, 0.25) is 0 Å². The predicted octanol–water partition coefficient (Wildman–Crippen LogP) is 2.35. The summed E-state index contributed by atoms with van der Waals surface area (Å²) in [6, 6.07) is 6.92. The number of carboxylic acids is 1. The first kappa shape index (κ1) is 19.3. The SMILES string of the molecule is COC(=O)C1=C(C(=O)OC)N(c2ccc(SCC(=O)O)cc2)C=CC=C1. The monoisotopic (exact) mass is 375 g/mol. The second-order valence-corrected chi connectivity index (χ2v) is 6.04. The van der Waals surface area contributed by atoms with E-state index in [0.717, 1.165) is 4.90 Å². The molecule has 0 bridgehead atoms. The summed E-state index contributed by atoms with van der Waals surface area (Å²) >= 11 is 1.18. The van der Waals surface area contributed by atoms with E-state index >= 15 is 0 Å². The van der Waals surface area contributed by atoms with Crippen LogP contribution < -0.4 is 4.90 Å². The number of allylic oxidation sites excluding steroid dienone is 2. The molecule has 1 aromatic carbocycles. The van der Waals surface area contributed by atoms with E-state index in [1.807, 2.05) is 0 Å². The van der Waals surface area contributed by atoms with Gasteiger partial charge in [-0.2, -0.15) is 0 Å². The van der Waals surface area contributed by atoms with Crippen LogP contribution in [0, 0.1) is 0 Å². The lowest BCUT2D eigenvalue weighted by Gasteiger charge is -2.23. The smallest absolute Gasteiger partial charge is 0.355 e. The van der Waals surface area contributed by atoms with Gasteiger partial charge in [-0.1, -0.05) is 6.08 Å². The van der Waals surface area contributed by atoms with Crippen molar-refractivity contribution in [2.45, 2.75) is 4.90 Å². The maximum Gasteiger partial charge on any atom is 0.355 e. The van der Waals surface area contributed by atoms with Gasteiger partial charge in [-0.25, -0.2) is 9.59 Å². The fraction of sp³-hybridized carbons (Fsp3) is 0.167. The number of anilines is 1. The quantitative estimate of drug-likeness (QED) is 0.598. The van der Waals surface area contributed by atoms with Gasteiger partial charge in [0.05, 0.1) is 25.5 Å². The number of hydrogen-bond acceptors (Lipinski definition) is 7. The molecule has 0 amide bonds. The number of methoxy groups -OCH3 is 2. The van der Waals surface area contributed by atoms with Crippen molar-refractivity contribution in [3.8, 4) is 0 Å². The number of carbonyl (C=O) groups is 3. The molecule has 2 rings (SSSR count). The van der Waals surface area contributed by atoms with Gasteiger partial charge in [0.1, 0.15) is 5.70 Å². The molecular formula is C18H17NO6S. The van der Waals surface area contributed by atoms with Gasteiger partial charge in [0.2, 0.25) is 0 Å². The van der Waals surface area contributed by atoms with E-state index in [1.165, 1.54) is 37.0 Å². The normalized spacial score (nSPS) is 13.4. The van der Waals surface area contributed by atoms with E-state index in [-0.39, 0.29) is 17.0 Å². The van der Waals surface area contributed by atoms with E-state index in [9.17, 15) is 14.4 Å². The minimum atomic E-state index is -0.903. The topological polar surface area (TPSA) is 93.1 Å². The van der Waals surface area contributed by atoms with E-state index in [4.69, 9.17) is 14.6 Å². The molecule has 7 nitrogen and oxygen atoms in total. The number of hydrogen-bond donors (Lipinski definition) is 1. The van der Waals surface area contributed by atoms with Crippen LogP contribution in [0.3, 0.4) is 0 Å². The lowest BCUT2D eigenvalue weighted by atomic mass is 10.1. The third-order valence-electron chi connectivity index (χ3n) is 3.37. The van der Waals surface area contributed by atoms with Crippen molar-refractivity contribution in [1.82, 2.24) is 0 Å². The summed E-state index contributed by atoms with van der Waals surface area (Å²) in [6.07, 6.45) is 6.39. The standard InChI is InChI=1S/C18H17NO6S/c1-24-17(22)14-5-3-4-10-19(16(14)18(23)25-2)12-6-8-13(9-7-12)26-11-15(20)21/h3-10H,11H2,1-2H3,(H,20,21). The van der Waals surface area contributed by atoms with Gasteiger partial charge in [0, 0.05) is 16.8 Å². The molecule has 0 aromatic heterocycles. The van der Waals surface area contributed by atoms with Crippen LogP contribution in [0.1, 0.15) is 0 Å². The number of carbonyl (C=O) groups excluding carboxylic acids is 2. The van der Waals surface area contributed by atoms with Crippen molar-refractivity contribution < 1.29 is 29.0 Å². The summed E-state index contributed by atoms with van der Waals surface area (Å²) < 4.78 is 9.59. The Bertz CT molecular complexity index is 794. The molecule has 0 unspecified atom stereocenters. The summed E-state index contributed by atoms with van der Waals surface area (Å²) in [7, 11) is 2.46. The summed E-state index contributed by atoms with van der Waals surface area (Å²) in [5, 5.41) is 8.75. The number of benzene rings is 1. The van der Waals surface area contributed by atoms with Gasteiger partial charge in [-0.15, -0.1) is 11.8 Å². The Morgan fingerprint density at radius 1 is 1.04 bits per heavy atom. The number of carboxylic acid groups (broad SMARTS) is 1. The molecule has 0 aliphatic carbocycles. The maximum atomic E-state index is 12.3. The fourth-order valence-corrected chi connectivity index (χ4v) is 2.83.